The summed E-state index contributed by atoms with van der Waals surface area (Å²) in [6, 6.07) is 16.0. The Morgan fingerprint density at radius 1 is 0.880 bits per heavy atom. The largest absolute Gasteiger partial charge is 0.497 e. The number of aromatic nitrogens is 1. The summed E-state index contributed by atoms with van der Waals surface area (Å²) in [6.07, 6.45) is -1.69. The number of aliphatic hydroxyl groups excluding tert-OH is 1. The molecular formula is C19H16FNO4. The second kappa shape index (κ2) is 7.29. The predicted molar refractivity (Wildman–Crippen MR) is 89.9 cm³/mol. The van der Waals surface area contributed by atoms with Crippen LogP contribution in [0.1, 0.15) is 12.0 Å². The summed E-state index contributed by atoms with van der Waals surface area (Å²) in [5.74, 6) is 1.26. The van der Waals surface area contributed by atoms with Crippen LogP contribution in [0.3, 0.4) is 0 Å². The Hall–Kier alpha value is -2.96. The Bertz CT molecular complexity index is 848. The molecule has 0 unspecified atom stereocenters. The maximum absolute atomic E-state index is 12.9. The number of benzene rings is 2. The lowest BCUT2D eigenvalue weighted by Gasteiger charge is -2.10. The molecule has 0 aliphatic carbocycles. The summed E-state index contributed by atoms with van der Waals surface area (Å²) in [5.41, 5.74) is 1.39. The van der Waals surface area contributed by atoms with Crippen molar-refractivity contribution in [2.24, 2.45) is 0 Å². The second-order valence-electron chi connectivity index (χ2n) is 5.27. The van der Waals surface area contributed by atoms with Crippen LogP contribution in [0, 0.1) is 5.82 Å². The van der Waals surface area contributed by atoms with E-state index in [4.69, 9.17) is 9.47 Å². The highest BCUT2D eigenvalue weighted by molar-refractivity contribution is 5.62. The SMILES string of the molecule is COc1cc(-c2ccc(Oc3ccc(F)cc3)cc2)nc(C(O)O)c1. The maximum atomic E-state index is 12.9. The first-order valence-electron chi connectivity index (χ1n) is 7.51. The lowest BCUT2D eigenvalue weighted by Crippen LogP contribution is -2.01. The summed E-state index contributed by atoms with van der Waals surface area (Å²) in [5, 5.41) is 18.7. The van der Waals surface area contributed by atoms with Gasteiger partial charge in [-0.15, -0.1) is 0 Å². The van der Waals surface area contributed by atoms with Crippen molar-refractivity contribution in [1.29, 1.82) is 0 Å². The molecule has 0 fully saturated rings. The van der Waals surface area contributed by atoms with Crippen molar-refractivity contribution < 1.29 is 24.1 Å². The minimum absolute atomic E-state index is 0.0981. The normalized spacial score (nSPS) is 10.8. The van der Waals surface area contributed by atoms with Gasteiger partial charge in [0.05, 0.1) is 12.8 Å². The van der Waals surface area contributed by atoms with Gasteiger partial charge in [-0.1, -0.05) is 0 Å². The van der Waals surface area contributed by atoms with E-state index in [1.54, 1.807) is 42.5 Å². The van der Waals surface area contributed by atoms with Crippen molar-refractivity contribution in [3.63, 3.8) is 0 Å². The smallest absolute Gasteiger partial charge is 0.196 e. The van der Waals surface area contributed by atoms with E-state index in [9.17, 15) is 14.6 Å². The van der Waals surface area contributed by atoms with E-state index < -0.39 is 6.29 Å². The number of methoxy groups -OCH3 is 1. The topological polar surface area (TPSA) is 71.8 Å². The molecule has 6 heteroatoms. The maximum Gasteiger partial charge on any atom is 0.196 e. The Morgan fingerprint density at radius 2 is 1.48 bits per heavy atom. The molecule has 0 aliphatic heterocycles. The quantitative estimate of drug-likeness (QED) is 0.693. The third-order valence-electron chi connectivity index (χ3n) is 3.52. The van der Waals surface area contributed by atoms with E-state index in [2.05, 4.69) is 4.98 Å². The number of nitrogens with zero attached hydrogens (tertiary/aromatic N) is 1. The molecule has 25 heavy (non-hydrogen) atoms. The number of halogens is 1. The van der Waals surface area contributed by atoms with E-state index in [0.717, 1.165) is 5.56 Å². The Kier molecular flexibility index (Phi) is 4.92. The van der Waals surface area contributed by atoms with Crippen molar-refractivity contribution in [3.8, 4) is 28.5 Å². The van der Waals surface area contributed by atoms with Crippen LogP contribution in [0.25, 0.3) is 11.3 Å². The highest BCUT2D eigenvalue weighted by Gasteiger charge is 2.11. The summed E-state index contributed by atoms with van der Waals surface area (Å²) in [4.78, 5) is 4.21. The molecule has 3 rings (SSSR count). The number of hydrogen-bond acceptors (Lipinski definition) is 5. The van der Waals surface area contributed by atoms with Gasteiger partial charge in [0.25, 0.3) is 0 Å². The van der Waals surface area contributed by atoms with Crippen molar-refractivity contribution in [1.82, 2.24) is 4.98 Å². The minimum Gasteiger partial charge on any atom is -0.497 e. The van der Waals surface area contributed by atoms with Crippen molar-refractivity contribution in [3.05, 3.63) is 72.2 Å². The predicted octanol–water partition coefficient (Wildman–Crippen LogP) is 3.67. The van der Waals surface area contributed by atoms with E-state index in [-0.39, 0.29) is 11.5 Å². The van der Waals surface area contributed by atoms with Gasteiger partial charge in [0.15, 0.2) is 6.29 Å². The molecule has 0 bridgehead atoms. The van der Waals surface area contributed by atoms with Gasteiger partial charge in [0, 0.05) is 17.7 Å². The van der Waals surface area contributed by atoms with Crippen LogP contribution < -0.4 is 9.47 Å². The Balaban J connectivity index is 1.84. The molecule has 128 valence electrons. The molecule has 2 N–H and O–H groups in total. The van der Waals surface area contributed by atoms with Gasteiger partial charge in [-0.05, 0) is 48.5 Å². The monoisotopic (exact) mass is 341 g/mol. The third kappa shape index (κ3) is 4.12. The molecule has 3 aromatic rings. The molecule has 0 saturated carbocycles. The molecule has 2 aromatic carbocycles. The van der Waals surface area contributed by atoms with Crippen LogP contribution in [0.5, 0.6) is 17.2 Å². The highest BCUT2D eigenvalue weighted by atomic mass is 19.1. The lowest BCUT2D eigenvalue weighted by molar-refractivity contribution is -0.0458. The average Bonchev–Trinajstić information content (AvgIpc) is 2.64. The average molecular weight is 341 g/mol. The first-order chi connectivity index (χ1) is 12.0. The van der Waals surface area contributed by atoms with Crippen LogP contribution in [0.2, 0.25) is 0 Å². The second-order valence-corrected chi connectivity index (χ2v) is 5.27. The van der Waals surface area contributed by atoms with Gasteiger partial charge in [-0.3, -0.25) is 0 Å². The fourth-order valence-electron chi connectivity index (χ4n) is 2.26. The number of rotatable bonds is 5. The summed E-state index contributed by atoms with van der Waals surface area (Å²) in [7, 11) is 1.49. The van der Waals surface area contributed by atoms with Gasteiger partial charge in [-0.25, -0.2) is 9.37 Å². The molecule has 0 spiro atoms. The number of aliphatic hydroxyl groups is 2. The minimum atomic E-state index is -1.69. The number of hydrogen-bond donors (Lipinski definition) is 2. The van der Waals surface area contributed by atoms with Crippen LogP contribution in [-0.4, -0.2) is 22.3 Å². The van der Waals surface area contributed by atoms with Crippen LogP contribution in [0.15, 0.2) is 60.7 Å². The zero-order valence-corrected chi connectivity index (χ0v) is 13.4. The van der Waals surface area contributed by atoms with Gasteiger partial charge in [0.2, 0.25) is 0 Å². The fraction of sp³-hybridized carbons (Fsp3) is 0.105. The van der Waals surface area contributed by atoms with E-state index in [1.165, 1.54) is 25.3 Å². The first kappa shape index (κ1) is 16.9. The molecule has 1 aromatic heterocycles. The van der Waals surface area contributed by atoms with E-state index in [1.807, 2.05) is 0 Å². The van der Waals surface area contributed by atoms with E-state index >= 15 is 0 Å². The molecule has 5 nitrogen and oxygen atoms in total. The van der Waals surface area contributed by atoms with Crippen LogP contribution in [0.4, 0.5) is 4.39 Å². The summed E-state index contributed by atoms with van der Waals surface area (Å²) >= 11 is 0. The zero-order chi connectivity index (χ0) is 17.8. The van der Waals surface area contributed by atoms with Crippen LogP contribution >= 0.6 is 0 Å². The van der Waals surface area contributed by atoms with Crippen LogP contribution in [-0.2, 0) is 0 Å². The molecule has 1 heterocycles. The highest BCUT2D eigenvalue weighted by Crippen LogP contribution is 2.28. The van der Waals surface area contributed by atoms with Gasteiger partial charge in [-0.2, -0.15) is 0 Å². The molecule has 0 radical (unpaired) electrons. The summed E-state index contributed by atoms with van der Waals surface area (Å²) < 4.78 is 23.7. The van der Waals surface area contributed by atoms with Gasteiger partial charge < -0.3 is 19.7 Å². The molecular weight excluding hydrogens is 325 g/mol. The summed E-state index contributed by atoms with van der Waals surface area (Å²) in [6.45, 7) is 0. The van der Waals surface area contributed by atoms with Gasteiger partial charge >= 0.3 is 0 Å². The number of pyridine rings is 1. The third-order valence-corrected chi connectivity index (χ3v) is 3.52. The molecule has 0 amide bonds. The zero-order valence-electron chi connectivity index (χ0n) is 13.4. The standard InChI is InChI=1S/C19H16FNO4/c1-24-16-10-17(21-18(11-16)19(22)23)12-2-6-14(7-3-12)25-15-8-4-13(20)5-9-15/h2-11,19,22-23H,1H3. The van der Waals surface area contributed by atoms with Crippen molar-refractivity contribution >= 4 is 0 Å². The Morgan fingerprint density at radius 3 is 2.04 bits per heavy atom. The van der Waals surface area contributed by atoms with E-state index in [0.29, 0.717) is 22.9 Å². The van der Waals surface area contributed by atoms with Crippen molar-refractivity contribution in [2.45, 2.75) is 6.29 Å². The molecule has 0 saturated heterocycles. The molecule has 0 atom stereocenters. The first-order valence-corrected chi connectivity index (χ1v) is 7.51. The Labute approximate surface area is 143 Å². The number of ether oxygens (including phenoxy) is 2. The lowest BCUT2D eigenvalue weighted by atomic mass is 10.1. The fourth-order valence-corrected chi connectivity index (χ4v) is 2.26. The van der Waals surface area contributed by atoms with Gasteiger partial charge in [0.1, 0.15) is 28.8 Å². The molecule has 0 aliphatic rings. The van der Waals surface area contributed by atoms with Crippen molar-refractivity contribution in [2.75, 3.05) is 7.11 Å².